The molecule has 26 heavy (non-hydrogen) atoms. The molecule has 1 amide bonds. The molecule has 2 aromatic rings. The molecule has 2 aromatic carbocycles. The van der Waals surface area contributed by atoms with Gasteiger partial charge in [0.1, 0.15) is 11.6 Å². The van der Waals surface area contributed by atoms with Crippen LogP contribution < -0.4 is 10.6 Å². The molecule has 5 nitrogen and oxygen atoms in total. The number of aryl methyl sites for hydroxylation is 1. The minimum absolute atomic E-state index is 0.0158. The van der Waals surface area contributed by atoms with E-state index in [9.17, 15) is 14.9 Å². The number of nitrogens with one attached hydrogen (secondary N) is 2. The molecule has 0 saturated heterocycles. The molecule has 0 fully saturated rings. The van der Waals surface area contributed by atoms with Crippen LogP contribution in [-0.2, 0) is 11.2 Å². The molecule has 0 unspecified atom stereocenters. The third kappa shape index (κ3) is 5.91. The maximum Gasteiger partial charge on any atom is 0.267 e. The number of ketones is 1. The van der Waals surface area contributed by atoms with Crippen LogP contribution in [0.25, 0.3) is 0 Å². The molecular formula is C21H21N3O2. The molecule has 2 N–H and O–H groups in total. The van der Waals surface area contributed by atoms with Crippen molar-refractivity contribution in [3.8, 4) is 6.07 Å². The Kier molecular flexibility index (Phi) is 7.14. The van der Waals surface area contributed by atoms with Gasteiger partial charge in [-0.25, -0.2) is 0 Å². The molecule has 0 aromatic heterocycles. The summed E-state index contributed by atoms with van der Waals surface area (Å²) in [6, 6.07) is 18.6. The average Bonchev–Trinajstić information content (AvgIpc) is 2.65. The Morgan fingerprint density at radius 2 is 1.88 bits per heavy atom. The van der Waals surface area contributed by atoms with Crippen LogP contribution in [0.15, 0.2) is 66.4 Å². The van der Waals surface area contributed by atoms with Crippen LogP contribution >= 0.6 is 0 Å². The van der Waals surface area contributed by atoms with Crippen molar-refractivity contribution < 1.29 is 9.59 Å². The third-order valence-corrected chi connectivity index (χ3v) is 3.77. The van der Waals surface area contributed by atoms with Gasteiger partial charge in [-0.1, -0.05) is 42.5 Å². The Labute approximate surface area is 153 Å². The second-order valence-corrected chi connectivity index (χ2v) is 5.80. The lowest BCUT2D eigenvalue weighted by Gasteiger charge is -2.06. The van der Waals surface area contributed by atoms with Crippen molar-refractivity contribution in [3.05, 3.63) is 77.5 Å². The molecule has 0 aliphatic heterocycles. The van der Waals surface area contributed by atoms with Crippen LogP contribution in [0.5, 0.6) is 0 Å². The van der Waals surface area contributed by atoms with Crippen molar-refractivity contribution in [2.45, 2.75) is 19.8 Å². The minimum Gasteiger partial charge on any atom is -0.390 e. The molecule has 0 bridgehead atoms. The van der Waals surface area contributed by atoms with Gasteiger partial charge in [0.05, 0.1) is 0 Å². The normalized spacial score (nSPS) is 10.7. The van der Waals surface area contributed by atoms with Gasteiger partial charge in [0.2, 0.25) is 0 Å². The van der Waals surface area contributed by atoms with E-state index < -0.39 is 5.91 Å². The van der Waals surface area contributed by atoms with E-state index in [-0.39, 0.29) is 11.4 Å². The molecule has 0 radical (unpaired) electrons. The highest BCUT2D eigenvalue weighted by Gasteiger charge is 2.10. The van der Waals surface area contributed by atoms with E-state index in [0.717, 1.165) is 12.8 Å². The molecule has 0 saturated carbocycles. The van der Waals surface area contributed by atoms with Crippen LogP contribution in [0.2, 0.25) is 0 Å². The van der Waals surface area contributed by atoms with E-state index in [1.807, 2.05) is 24.3 Å². The van der Waals surface area contributed by atoms with Gasteiger partial charge in [0.25, 0.3) is 5.91 Å². The van der Waals surface area contributed by atoms with Crippen LogP contribution in [0.4, 0.5) is 5.69 Å². The summed E-state index contributed by atoms with van der Waals surface area (Å²) in [5.74, 6) is -0.596. The number of amides is 1. The predicted molar refractivity (Wildman–Crippen MR) is 102 cm³/mol. The van der Waals surface area contributed by atoms with Crippen LogP contribution in [0.3, 0.4) is 0 Å². The number of carbonyl (C=O) groups is 2. The first-order valence-corrected chi connectivity index (χ1v) is 8.40. The molecular weight excluding hydrogens is 326 g/mol. The van der Waals surface area contributed by atoms with Crippen molar-refractivity contribution >= 4 is 17.4 Å². The Balaban J connectivity index is 1.85. The van der Waals surface area contributed by atoms with E-state index in [1.54, 1.807) is 24.3 Å². The lowest BCUT2D eigenvalue weighted by molar-refractivity contribution is -0.112. The third-order valence-electron chi connectivity index (χ3n) is 3.77. The van der Waals surface area contributed by atoms with Crippen molar-refractivity contribution in [2.75, 3.05) is 11.9 Å². The lowest BCUT2D eigenvalue weighted by atomic mass is 10.1. The number of rotatable bonds is 8. The van der Waals surface area contributed by atoms with Crippen LogP contribution in [-0.4, -0.2) is 18.2 Å². The van der Waals surface area contributed by atoms with Crippen molar-refractivity contribution in [3.63, 3.8) is 0 Å². The summed E-state index contributed by atoms with van der Waals surface area (Å²) in [5.41, 5.74) is 2.22. The molecule has 0 aliphatic rings. The Bertz CT molecular complexity index is 836. The van der Waals surface area contributed by atoms with E-state index in [2.05, 4.69) is 22.8 Å². The number of anilines is 1. The number of nitriles is 1. The molecule has 0 aliphatic carbocycles. The number of hydrogen-bond donors (Lipinski definition) is 2. The summed E-state index contributed by atoms with van der Waals surface area (Å²) >= 11 is 0. The Morgan fingerprint density at radius 3 is 2.58 bits per heavy atom. The Morgan fingerprint density at radius 1 is 1.12 bits per heavy atom. The zero-order valence-electron chi connectivity index (χ0n) is 14.7. The first kappa shape index (κ1) is 18.9. The van der Waals surface area contributed by atoms with Gasteiger partial charge in [-0.3, -0.25) is 9.59 Å². The fraction of sp³-hybridized carbons (Fsp3) is 0.190. The van der Waals surface area contributed by atoms with Gasteiger partial charge in [0.15, 0.2) is 5.78 Å². The summed E-state index contributed by atoms with van der Waals surface area (Å²) < 4.78 is 0. The maximum absolute atomic E-state index is 12.2. The van der Waals surface area contributed by atoms with Crippen LogP contribution in [0.1, 0.15) is 29.3 Å². The highest BCUT2D eigenvalue weighted by Crippen LogP contribution is 2.12. The first-order chi connectivity index (χ1) is 12.6. The number of Topliss-reactive ketones (excluding diaryl/α,β-unsaturated/α-hetero) is 1. The van der Waals surface area contributed by atoms with E-state index >= 15 is 0 Å². The van der Waals surface area contributed by atoms with Crippen LogP contribution in [0, 0.1) is 11.3 Å². The van der Waals surface area contributed by atoms with Crippen molar-refractivity contribution in [1.29, 1.82) is 5.26 Å². The van der Waals surface area contributed by atoms with Crippen molar-refractivity contribution in [1.82, 2.24) is 5.32 Å². The van der Waals surface area contributed by atoms with Gasteiger partial charge in [0, 0.05) is 24.0 Å². The molecule has 132 valence electrons. The fourth-order valence-corrected chi connectivity index (χ4v) is 2.38. The first-order valence-electron chi connectivity index (χ1n) is 8.40. The van der Waals surface area contributed by atoms with Gasteiger partial charge in [-0.05, 0) is 37.5 Å². The standard InChI is InChI=1S/C21H21N3O2/c1-16(25)18-10-5-11-20(13-18)24-21(26)19(14-22)15-23-12-6-9-17-7-3-2-4-8-17/h2-5,7-8,10-11,13,15,23H,6,9,12H2,1H3,(H,24,26)/b19-15-. The topological polar surface area (TPSA) is 82.0 Å². The molecule has 0 atom stereocenters. The van der Waals surface area contributed by atoms with Crippen molar-refractivity contribution in [2.24, 2.45) is 0 Å². The second kappa shape index (κ2) is 9.80. The monoisotopic (exact) mass is 347 g/mol. The molecule has 0 heterocycles. The van der Waals surface area contributed by atoms with Gasteiger partial charge < -0.3 is 10.6 Å². The summed E-state index contributed by atoms with van der Waals surface area (Å²) in [6.45, 7) is 2.12. The molecule has 5 heteroatoms. The number of nitrogens with zero attached hydrogens (tertiary/aromatic N) is 1. The maximum atomic E-state index is 12.2. The molecule has 0 spiro atoms. The van der Waals surface area contributed by atoms with E-state index in [1.165, 1.54) is 18.7 Å². The number of benzene rings is 2. The predicted octanol–water partition coefficient (Wildman–Crippen LogP) is 3.46. The summed E-state index contributed by atoms with van der Waals surface area (Å²) in [6.07, 6.45) is 3.24. The average molecular weight is 347 g/mol. The highest BCUT2D eigenvalue weighted by molar-refractivity contribution is 6.07. The number of hydrogen-bond acceptors (Lipinski definition) is 4. The van der Waals surface area contributed by atoms with Gasteiger partial charge >= 0.3 is 0 Å². The summed E-state index contributed by atoms with van der Waals surface area (Å²) in [5, 5.41) is 14.8. The summed E-state index contributed by atoms with van der Waals surface area (Å²) in [4.78, 5) is 23.6. The zero-order valence-corrected chi connectivity index (χ0v) is 14.7. The second-order valence-electron chi connectivity index (χ2n) is 5.80. The lowest BCUT2D eigenvalue weighted by Crippen LogP contribution is -2.17. The quantitative estimate of drug-likeness (QED) is 0.332. The highest BCUT2D eigenvalue weighted by atomic mass is 16.1. The minimum atomic E-state index is -0.510. The zero-order chi connectivity index (χ0) is 18.8. The number of carbonyl (C=O) groups excluding carboxylic acids is 2. The van der Waals surface area contributed by atoms with Gasteiger partial charge in [-0.15, -0.1) is 0 Å². The SMILES string of the molecule is CC(=O)c1cccc(NC(=O)/C(C#N)=C\NCCCc2ccccc2)c1. The Hall–Kier alpha value is -3.39. The van der Waals surface area contributed by atoms with Gasteiger partial charge in [-0.2, -0.15) is 5.26 Å². The van der Waals surface area contributed by atoms with E-state index in [4.69, 9.17) is 0 Å². The summed E-state index contributed by atoms with van der Waals surface area (Å²) in [7, 11) is 0. The van der Waals surface area contributed by atoms with E-state index in [0.29, 0.717) is 17.8 Å². The molecule has 2 rings (SSSR count). The smallest absolute Gasteiger partial charge is 0.267 e. The fourth-order valence-electron chi connectivity index (χ4n) is 2.38. The largest absolute Gasteiger partial charge is 0.390 e.